The molecule has 0 aliphatic heterocycles. The van der Waals surface area contributed by atoms with Gasteiger partial charge >= 0.3 is 0 Å². The number of phenolic OH excluding ortho intramolecular Hbond substituents is 3. The molecule has 3 heteroatoms. The van der Waals surface area contributed by atoms with Crippen LogP contribution in [-0.4, -0.2) is 15.3 Å². The average Bonchev–Trinajstić information content (AvgIpc) is 2.77. The summed E-state index contributed by atoms with van der Waals surface area (Å²) < 4.78 is 0. The van der Waals surface area contributed by atoms with E-state index in [1.807, 2.05) is 36.4 Å². The maximum absolute atomic E-state index is 10.0. The van der Waals surface area contributed by atoms with Crippen LogP contribution in [0.2, 0.25) is 0 Å². The van der Waals surface area contributed by atoms with Gasteiger partial charge in [0.2, 0.25) is 0 Å². The van der Waals surface area contributed by atoms with Crippen LogP contribution in [0, 0.1) is 11.3 Å². The highest BCUT2D eigenvalue weighted by Crippen LogP contribution is 2.76. The quantitative estimate of drug-likeness (QED) is 0.433. The lowest BCUT2D eigenvalue weighted by molar-refractivity contribution is -0.137. The molecule has 4 bridgehead atoms. The molecule has 0 aromatic heterocycles. The maximum atomic E-state index is 10.0. The Morgan fingerprint density at radius 3 is 1.30 bits per heavy atom. The fourth-order valence-corrected chi connectivity index (χ4v) is 8.81. The molecule has 3 N–H and O–H groups in total. The first kappa shape index (κ1) is 20.7. The molecule has 4 aliphatic rings. The fourth-order valence-electron chi connectivity index (χ4n) is 8.81. The molecule has 0 saturated heterocycles. The van der Waals surface area contributed by atoms with Crippen molar-refractivity contribution in [3.05, 3.63) is 89.5 Å². The molecule has 2 unspecified atom stereocenters. The number of hydrogen-bond donors (Lipinski definition) is 3. The van der Waals surface area contributed by atoms with Gasteiger partial charge in [-0.05, 0) is 102 Å². The van der Waals surface area contributed by atoms with Gasteiger partial charge in [-0.25, -0.2) is 0 Å². The van der Waals surface area contributed by atoms with Crippen molar-refractivity contribution in [2.24, 2.45) is 11.3 Å². The predicted octanol–water partition coefficient (Wildman–Crippen LogP) is 6.55. The second-order valence-corrected chi connectivity index (χ2v) is 11.6. The van der Waals surface area contributed by atoms with Crippen LogP contribution >= 0.6 is 0 Å². The second kappa shape index (κ2) is 6.56. The first-order chi connectivity index (χ1) is 15.7. The molecule has 2 atom stereocenters. The standard InChI is InChI=1S/C30H32O3/c1-20-29(22-5-11-25(32)12-6-22)16-27(2)15-28(18-29,21-3-9-24(31)10-4-21)19-30(20,17-27)23-7-13-26(33)14-8-23/h3-14,20,31-33H,15-19H2,1-2H3. The van der Waals surface area contributed by atoms with Crippen LogP contribution in [0.3, 0.4) is 0 Å². The molecular formula is C30H32O3. The van der Waals surface area contributed by atoms with Gasteiger partial charge in [-0.2, -0.15) is 0 Å². The summed E-state index contributed by atoms with van der Waals surface area (Å²) in [6, 6.07) is 23.8. The number of phenols is 3. The normalized spacial score (nSPS) is 36.7. The Balaban J connectivity index is 1.61. The zero-order valence-electron chi connectivity index (χ0n) is 19.4. The van der Waals surface area contributed by atoms with Crippen molar-refractivity contribution in [1.29, 1.82) is 0 Å². The summed E-state index contributed by atoms with van der Waals surface area (Å²) in [5.74, 6) is 1.34. The van der Waals surface area contributed by atoms with E-state index in [0.717, 1.165) is 32.1 Å². The number of aromatic hydroxyl groups is 3. The van der Waals surface area contributed by atoms with Crippen LogP contribution in [0.5, 0.6) is 17.2 Å². The zero-order chi connectivity index (χ0) is 23.1. The molecule has 170 valence electrons. The van der Waals surface area contributed by atoms with Gasteiger partial charge in [0.25, 0.3) is 0 Å². The Bertz CT molecular complexity index is 1130. The molecule has 3 aromatic carbocycles. The van der Waals surface area contributed by atoms with E-state index < -0.39 is 0 Å². The van der Waals surface area contributed by atoms with E-state index in [1.165, 1.54) is 16.7 Å². The van der Waals surface area contributed by atoms with Gasteiger partial charge in [0.05, 0.1) is 0 Å². The van der Waals surface area contributed by atoms with Crippen molar-refractivity contribution in [1.82, 2.24) is 0 Å². The van der Waals surface area contributed by atoms with E-state index in [1.54, 1.807) is 0 Å². The SMILES string of the molecule is CC1C2(c3ccc(O)cc3)CC3(C)CC(c4ccc(O)cc4)(C2)CC1(c1ccc(O)cc1)C3. The van der Waals surface area contributed by atoms with Crippen LogP contribution in [-0.2, 0) is 16.2 Å². The lowest BCUT2D eigenvalue weighted by Crippen LogP contribution is -2.69. The van der Waals surface area contributed by atoms with Crippen LogP contribution in [0.15, 0.2) is 72.8 Å². The van der Waals surface area contributed by atoms with Crippen LogP contribution in [0.1, 0.15) is 62.6 Å². The molecule has 7 rings (SSSR count). The minimum absolute atomic E-state index is 0.00697. The van der Waals surface area contributed by atoms with Gasteiger partial charge in [-0.15, -0.1) is 0 Å². The Hall–Kier alpha value is -2.94. The fraction of sp³-hybridized carbons (Fsp3) is 0.400. The first-order valence-electron chi connectivity index (χ1n) is 12.1. The lowest BCUT2D eigenvalue weighted by Gasteiger charge is -2.73. The summed E-state index contributed by atoms with van der Waals surface area (Å²) in [4.78, 5) is 0. The van der Waals surface area contributed by atoms with Crippen LogP contribution < -0.4 is 0 Å². The van der Waals surface area contributed by atoms with E-state index in [9.17, 15) is 15.3 Å². The highest BCUT2D eigenvalue weighted by molar-refractivity contribution is 5.48. The Morgan fingerprint density at radius 1 is 0.545 bits per heavy atom. The lowest BCUT2D eigenvalue weighted by atomic mass is 9.30. The Labute approximate surface area is 195 Å². The summed E-state index contributed by atoms with van der Waals surface area (Å²) >= 11 is 0. The molecule has 3 aromatic rings. The van der Waals surface area contributed by atoms with E-state index in [2.05, 4.69) is 50.2 Å². The zero-order valence-corrected chi connectivity index (χ0v) is 19.4. The van der Waals surface area contributed by atoms with Crippen molar-refractivity contribution in [3.63, 3.8) is 0 Å². The van der Waals surface area contributed by atoms with Gasteiger partial charge in [0, 0.05) is 10.8 Å². The highest BCUT2D eigenvalue weighted by atomic mass is 16.3. The molecular weight excluding hydrogens is 408 g/mol. The van der Waals surface area contributed by atoms with Gasteiger partial charge in [-0.1, -0.05) is 50.2 Å². The van der Waals surface area contributed by atoms with Crippen LogP contribution in [0.25, 0.3) is 0 Å². The van der Waals surface area contributed by atoms with Gasteiger partial charge < -0.3 is 15.3 Å². The van der Waals surface area contributed by atoms with E-state index in [-0.39, 0.29) is 21.7 Å². The molecule has 0 heterocycles. The van der Waals surface area contributed by atoms with Crippen LogP contribution in [0.4, 0.5) is 0 Å². The predicted molar refractivity (Wildman–Crippen MR) is 130 cm³/mol. The van der Waals surface area contributed by atoms with Gasteiger partial charge in [-0.3, -0.25) is 0 Å². The molecule has 33 heavy (non-hydrogen) atoms. The van der Waals surface area contributed by atoms with Gasteiger partial charge in [0.15, 0.2) is 0 Å². The van der Waals surface area contributed by atoms with Crippen molar-refractivity contribution in [2.75, 3.05) is 0 Å². The third-order valence-corrected chi connectivity index (χ3v) is 9.58. The molecule has 4 saturated carbocycles. The third kappa shape index (κ3) is 2.81. The highest BCUT2D eigenvalue weighted by Gasteiger charge is 2.70. The van der Waals surface area contributed by atoms with E-state index in [4.69, 9.17) is 0 Å². The topological polar surface area (TPSA) is 60.7 Å². The van der Waals surface area contributed by atoms with Crippen molar-refractivity contribution < 1.29 is 15.3 Å². The van der Waals surface area contributed by atoms with Crippen molar-refractivity contribution >= 4 is 0 Å². The Kier molecular flexibility index (Phi) is 4.11. The summed E-state index contributed by atoms with van der Waals surface area (Å²) in [7, 11) is 0. The molecule has 0 radical (unpaired) electrons. The summed E-state index contributed by atoms with van der Waals surface area (Å²) in [6.45, 7) is 4.90. The number of hydrogen-bond acceptors (Lipinski definition) is 3. The summed E-state index contributed by atoms with van der Waals surface area (Å²) in [5.41, 5.74) is 4.15. The minimum Gasteiger partial charge on any atom is -0.508 e. The van der Waals surface area contributed by atoms with E-state index in [0.29, 0.717) is 23.2 Å². The van der Waals surface area contributed by atoms with E-state index >= 15 is 0 Å². The molecule has 0 spiro atoms. The molecule has 4 fully saturated rings. The first-order valence-corrected chi connectivity index (χ1v) is 12.1. The number of benzene rings is 3. The van der Waals surface area contributed by atoms with Crippen molar-refractivity contribution in [2.45, 2.75) is 62.2 Å². The number of rotatable bonds is 3. The smallest absolute Gasteiger partial charge is 0.115 e. The summed E-state index contributed by atoms with van der Waals surface area (Å²) in [6.07, 6.45) is 5.59. The summed E-state index contributed by atoms with van der Waals surface area (Å²) in [5, 5.41) is 30.0. The molecule has 3 nitrogen and oxygen atoms in total. The third-order valence-electron chi connectivity index (χ3n) is 9.58. The largest absolute Gasteiger partial charge is 0.508 e. The minimum atomic E-state index is -0.00697. The molecule has 4 aliphatic carbocycles. The average molecular weight is 441 g/mol. The van der Waals surface area contributed by atoms with Crippen molar-refractivity contribution in [3.8, 4) is 17.2 Å². The molecule has 0 amide bonds. The second-order valence-electron chi connectivity index (χ2n) is 11.6. The Morgan fingerprint density at radius 2 is 0.909 bits per heavy atom. The maximum Gasteiger partial charge on any atom is 0.115 e. The van der Waals surface area contributed by atoms with Gasteiger partial charge in [0.1, 0.15) is 17.2 Å². The monoisotopic (exact) mass is 440 g/mol.